The predicted molar refractivity (Wildman–Crippen MR) is 104 cm³/mol. The van der Waals surface area contributed by atoms with E-state index in [0.29, 0.717) is 6.04 Å². The number of hydrogen-bond donors (Lipinski definition) is 0. The quantitative estimate of drug-likeness (QED) is 0.422. The molecule has 0 aliphatic rings. The number of carbonyl (C=O) groups is 1. The van der Waals surface area contributed by atoms with Crippen LogP contribution in [0.1, 0.15) is 42.2 Å². The molecule has 0 N–H and O–H groups in total. The highest BCUT2D eigenvalue weighted by atomic mass is 16.1. The third-order valence-corrected chi connectivity index (χ3v) is 5.09. The summed E-state index contributed by atoms with van der Waals surface area (Å²) >= 11 is 0. The van der Waals surface area contributed by atoms with Crippen molar-refractivity contribution in [3.05, 3.63) is 84.1 Å². The first-order valence-electron chi connectivity index (χ1n) is 8.82. The van der Waals surface area contributed by atoms with Gasteiger partial charge in [0.15, 0.2) is 5.78 Å². The van der Waals surface area contributed by atoms with Crippen LogP contribution in [0.5, 0.6) is 0 Å². The van der Waals surface area contributed by atoms with Crippen LogP contribution in [0.25, 0.3) is 21.7 Å². The molecule has 25 heavy (non-hydrogen) atoms. The predicted octanol–water partition coefficient (Wildman–Crippen LogP) is 6.00. The number of fused-ring (bicyclic) bond motifs is 2. The van der Waals surface area contributed by atoms with E-state index in [-0.39, 0.29) is 5.78 Å². The first-order valence-corrected chi connectivity index (χ1v) is 8.82. The molecule has 0 fully saturated rings. The molecule has 2 nitrogen and oxygen atoms in total. The molecule has 2 heteroatoms. The molecule has 4 aromatic rings. The van der Waals surface area contributed by atoms with E-state index < -0.39 is 0 Å². The molecule has 0 aliphatic heterocycles. The molecule has 0 radical (unpaired) electrons. The van der Waals surface area contributed by atoms with E-state index >= 15 is 0 Å². The number of rotatable bonds is 4. The van der Waals surface area contributed by atoms with Gasteiger partial charge in [0.05, 0.1) is 0 Å². The van der Waals surface area contributed by atoms with Crippen molar-refractivity contribution in [3.8, 4) is 0 Å². The number of benzene rings is 3. The summed E-state index contributed by atoms with van der Waals surface area (Å²) in [6.07, 6.45) is 3.06. The van der Waals surface area contributed by atoms with Crippen LogP contribution in [0.3, 0.4) is 0 Å². The number of aromatic nitrogens is 1. The van der Waals surface area contributed by atoms with Crippen LogP contribution < -0.4 is 0 Å². The van der Waals surface area contributed by atoms with Crippen LogP contribution in [-0.4, -0.2) is 10.4 Å². The van der Waals surface area contributed by atoms with Crippen molar-refractivity contribution in [2.24, 2.45) is 0 Å². The minimum atomic E-state index is 0.0926. The molecule has 0 spiro atoms. The lowest BCUT2D eigenvalue weighted by atomic mass is 9.97. The summed E-state index contributed by atoms with van der Waals surface area (Å²) in [6.45, 7) is 4.37. The van der Waals surface area contributed by atoms with Crippen LogP contribution in [-0.2, 0) is 0 Å². The molecule has 124 valence electrons. The maximum absolute atomic E-state index is 13.4. The fourth-order valence-corrected chi connectivity index (χ4v) is 3.52. The summed E-state index contributed by atoms with van der Waals surface area (Å²) in [5, 5.41) is 3.13. The number of nitrogens with zero attached hydrogens (tertiary/aromatic N) is 1. The molecular formula is C23H21NO. The summed E-state index contributed by atoms with van der Waals surface area (Å²) in [6, 6.07) is 22.6. The Morgan fingerprint density at radius 2 is 1.56 bits per heavy atom. The van der Waals surface area contributed by atoms with Gasteiger partial charge in [-0.3, -0.25) is 4.79 Å². The second-order valence-corrected chi connectivity index (χ2v) is 6.58. The van der Waals surface area contributed by atoms with Crippen molar-refractivity contribution < 1.29 is 4.79 Å². The van der Waals surface area contributed by atoms with E-state index in [1.165, 1.54) is 0 Å². The highest BCUT2D eigenvalue weighted by molar-refractivity contribution is 6.21. The van der Waals surface area contributed by atoms with Crippen LogP contribution in [0.15, 0.2) is 72.9 Å². The zero-order valence-corrected chi connectivity index (χ0v) is 14.6. The number of hydrogen-bond acceptors (Lipinski definition) is 1. The Morgan fingerprint density at radius 1 is 0.880 bits per heavy atom. The SMILES string of the molecule is CC[C@H](C)n1cc(C(=O)c2cccc3ccccc23)c2ccccc21. The van der Waals surface area contributed by atoms with Crippen molar-refractivity contribution in [2.45, 2.75) is 26.3 Å². The lowest BCUT2D eigenvalue weighted by molar-refractivity contribution is 0.104. The van der Waals surface area contributed by atoms with Gasteiger partial charge in [0.1, 0.15) is 0 Å². The van der Waals surface area contributed by atoms with Crippen molar-refractivity contribution in [2.75, 3.05) is 0 Å². The van der Waals surface area contributed by atoms with Gasteiger partial charge < -0.3 is 4.57 Å². The van der Waals surface area contributed by atoms with Crippen molar-refractivity contribution in [1.82, 2.24) is 4.57 Å². The molecule has 0 saturated heterocycles. The molecule has 1 atom stereocenters. The largest absolute Gasteiger partial charge is 0.344 e. The second-order valence-electron chi connectivity index (χ2n) is 6.58. The average molecular weight is 327 g/mol. The maximum Gasteiger partial charge on any atom is 0.195 e. The second kappa shape index (κ2) is 6.21. The van der Waals surface area contributed by atoms with E-state index in [9.17, 15) is 4.79 Å². The van der Waals surface area contributed by atoms with Gasteiger partial charge in [-0.15, -0.1) is 0 Å². The van der Waals surface area contributed by atoms with Crippen LogP contribution >= 0.6 is 0 Å². The summed E-state index contributed by atoms with van der Waals surface area (Å²) in [5.41, 5.74) is 2.68. The Morgan fingerprint density at radius 3 is 2.36 bits per heavy atom. The van der Waals surface area contributed by atoms with Gasteiger partial charge in [-0.25, -0.2) is 0 Å². The van der Waals surface area contributed by atoms with Crippen molar-refractivity contribution in [1.29, 1.82) is 0 Å². The number of carbonyl (C=O) groups excluding carboxylic acids is 1. The van der Waals surface area contributed by atoms with E-state index in [0.717, 1.165) is 39.2 Å². The van der Waals surface area contributed by atoms with Gasteiger partial charge in [0, 0.05) is 34.3 Å². The summed E-state index contributed by atoms with van der Waals surface area (Å²) in [5.74, 6) is 0.0926. The molecule has 1 aromatic heterocycles. The topological polar surface area (TPSA) is 22.0 Å². The Bertz CT molecular complexity index is 1070. The van der Waals surface area contributed by atoms with Crippen LogP contribution in [0, 0.1) is 0 Å². The molecule has 4 rings (SSSR count). The first kappa shape index (κ1) is 15.6. The maximum atomic E-state index is 13.4. The van der Waals surface area contributed by atoms with Gasteiger partial charge >= 0.3 is 0 Å². The summed E-state index contributed by atoms with van der Waals surface area (Å²) in [7, 11) is 0. The Labute approximate surface area is 147 Å². The highest BCUT2D eigenvalue weighted by Gasteiger charge is 2.19. The average Bonchev–Trinajstić information content (AvgIpc) is 3.06. The lowest BCUT2D eigenvalue weighted by Crippen LogP contribution is -2.03. The fraction of sp³-hybridized carbons (Fsp3) is 0.174. The first-order chi connectivity index (χ1) is 12.2. The van der Waals surface area contributed by atoms with Crippen LogP contribution in [0.2, 0.25) is 0 Å². The van der Waals surface area contributed by atoms with E-state index in [1.807, 2.05) is 54.7 Å². The fourth-order valence-electron chi connectivity index (χ4n) is 3.52. The van der Waals surface area contributed by atoms with Gasteiger partial charge in [-0.05, 0) is 30.2 Å². The normalized spacial score (nSPS) is 12.6. The smallest absolute Gasteiger partial charge is 0.195 e. The van der Waals surface area contributed by atoms with Gasteiger partial charge in [0.2, 0.25) is 0 Å². The van der Waals surface area contributed by atoms with Crippen molar-refractivity contribution >= 4 is 27.5 Å². The monoisotopic (exact) mass is 327 g/mol. The molecule has 0 bridgehead atoms. The lowest BCUT2D eigenvalue weighted by Gasteiger charge is -2.12. The zero-order valence-electron chi connectivity index (χ0n) is 14.6. The summed E-state index contributed by atoms with van der Waals surface area (Å²) < 4.78 is 2.23. The number of ketones is 1. The zero-order chi connectivity index (χ0) is 17.4. The summed E-state index contributed by atoms with van der Waals surface area (Å²) in [4.78, 5) is 13.4. The van der Waals surface area contributed by atoms with Crippen LogP contribution in [0.4, 0.5) is 0 Å². The van der Waals surface area contributed by atoms with Gasteiger partial charge in [-0.2, -0.15) is 0 Å². The Hall–Kier alpha value is -2.87. The number of para-hydroxylation sites is 1. The Balaban J connectivity index is 1.94. The highest BCUT2D eigenvalue weighted by Crippen LogP contribution is 2.29. The minimum Gasteiger partial charge on any atom is -0.344 e. The molecule has 1 heterocycles. The van der Waals surface area contributed by atoms with Gasteiger partial charge in [0.25, 0.3) is 0 Å². The van der Waals surface area contributed by atoms with E-state index in [1.54, 1.807) is 0 Å². The van der Waals surface area contributed by atoms with E-state index in [2.05, 4.69) is 36.6 Å². The van der Waals surface area contributed by atoms with Crippen molar-refractivity contribution in [3.63, 3.8) is 0 Å². The Kier molecular flexibility index (Phi) is 3.89. The third kappa shape index (κ3) is 2.54. The molecular weight excluding hydrogens is 306 g/mol. The third-order valence-electron chi connectivity index (χ3n) is 5.09. The van der Waals surface area contributed by atoms with Gasteiger partial charge in [-0.1, -0.05) is 67.6 Å². The molecule has 0 amide bonds. The molecule has 0 unspecified atom stereocenters. The molecule has 0 saturated carbocycles. The molecule has 3 aromatic carbocycles. The standard InChI is InChI=1S/C23H21NO/c1-3-16(2)24-15-21(19-12-6-7-14-22(19)24)23(25)20-13-8-10-17-9-4-5-11-18(17)20/h4-16H,3H2,1-2H3/t16-/m0/s1. The minimum absolute atomic E-state index is 0.0926. The molecule has 0 aliphatic carbocycles. The van der Waals surface area contributed by atoms with E-state index in [4.69, 9.17) is 0 Å².